The van der Waals surface area contributed by atoms with E-state index in [1.807, 2.05) is 0 Å². The lowest BCUT2D eigenvalue weighted by molar-refractivity contribution is 0.0697. The smallest absolute Gasteiger partial charge is 0.335 e. The van der Waals surface area contributed by atoms with E-state index < -0.39 is 5.97 Å². The van der Waals surface area contributed by atoms with Crippen LogP contribution in [-0.2, 0) is 6.42 Å². The Labute approximate surface area is 127 Å². The molecule has 110 valence electrons. The molecule has 2 aromatic rings. The number of halogens is 2. The van der Waals surface area contributed by atoms with Crippen molar-refractivity contribution in [2.45, 2.75) is 12.3 Å². The van der Waals surface area contributed by atoms with Crippen molar-refractivity contribution in [3.63, 3.8) is 0 Å². The van der Waals surface area contributed by atoms with Crippen molar-refractivity contribution in [1.29, 1.82) is 0 Å². The molecule has 0 saturated heterocycles. The van der Waals surface area contributed by atoms with Crippen LogP contribution in [0.3, 0.4) is 0 Å². The second-order valence-corrected chi connectivity index (χ2v) is 5.18. The summed E-state index contributed by atoms with van der Waals surface area (Å²) in [6.07, 6.45) is 0.497. The molecule has 2 rings (SSSR count). The fraction of sp³-hybridized carbons (Fsp3) is 0.188. The summed E-state index contributed by atoms with van der Waals surface area (Å²) in [6.45, 7) is 0.251. The molecule has 0 radical (unpaired) electrons. The van der Waals surface area contributed by atoms with E-state index in [0.29, 0.717) is 17.0 Å². The second-order valence-electron chi connectivity index (χ2n) is 4.77. The summed E-state index contributed by atoms with van der Waals surface area (Å²) in [7, 11) is 0. The van der Waals surface area contributed by atoms with E-state index in [1.54, 1.807) is 24.3 Å². The number of benzene rings is 2. The van der Waals surface area contributed by atoms with Crippen molar-refractivity contribution >= 4 is 17.6 Å². The summed E-state index contributed by atoms with van der Waals surface area (Å²) in [5.41, 5.74) is 7.25. The van der Waals surface area contributed by atoms with Gasteiger partial charge >= 0.3 is 5.97 Å². The first kappa shape index (κ1) is 15.5. The van der Waals surface area contributed by atoms with Crippen LogP contribution in [0.15, 0.2) is 42.5 Å². The standard InChI is InChI=1S/C16H15ClFNO2/c17-13-2-1-3-14(18)15(13)12(9-19)8-10-4-6-11(7-5-10)16(20)21/h1-7,12H,8-9,19H2,(H,20,21). The number of aromatic carboxylic acids is 1. The van der Waals surface area contributed by atoms with Gasteiger partial charge in [0, 0.05) is 16.5 Å². The average molecular weight is 308 g/mol. The maximum absolute atomic E-state index is 13.9. The zero-order valence-corrected chi connectivity index (χ0v) is 12.0. The lowest BCUT2D eigenvalue weighted by Gasteiger charge is -2.17. The minimum atomic E-state index is -0.978. The van der Waals surface area contributed by atoms with Crippen LogP contribution in [0.4, 0.5) is 4.39 Å². The van der Waals surface area contributed by atoms with Gasteiger partial charge in [0.1, 0.15) is 5.82 Å². The predicted molar refractivity (Wildman–Crippen MR) is 80.3 cm³/mol. The molecular weight excluding hydrogens is 293 g/mol. The number of hydrogen-bond donors (Lipinski definition) is 2. The number of carboxylic acid groups (broad SMARTS) is 1. The van der Waals surface area contributed by atoms with Gasteiger partial charge < -0.3 is 10.8 Å². The fourth-order valence-electron chi connectivity index (χ4n) is 2.27. The molecule has 0 heterocycles. The maximum atomic E-state index is 13.9. The van der Waals surface area contributed by atoms with Gasteiger partial charge in [-0.25, -0.2) is 9.18 Å². The van der Waals surface area contributed by atoms with Gasteiger partial charge in [-0.2, -0.15) is 0 Å². The highest BCUT2D eigenvalue weighted by Gasteiger charge is 2.18. The molecule has 0 fully saturated rings. The minimum absolute atomic E-state index is 0.215. The summed E-state index contributed by atoms with van der Waals surface area (Å²) in [6, 6.07) is 11.0. The number of hydrogen-bond acceptors (Lipinski definition) is 2. The number of carboxylic acids is 1. The van der Waals surface area contributed by atoms with Crippen LogP contribution in [0.25, 0.3) is 0 Å². The minimum Gasteiger partial charge on any atom is -0.478 e. The van der Waals surface area contributed by atoms with Crippen LogP contribution in [0.1, 0.15) is 27.4 Å². The van der Waals surface area contributed by atoms with E-state index in [2.05, 4.69) is 0 Å². The first-order valence-corrected chi connectivity index (χ1v) is 6.87. The van der Waals surface area contributed by atoms with Crippen molar-refractivity contribution in [3.05, 3.63) is 70.0 Å². The lowest BCUT2D eigenvalue weighted by Crippen LogP contribution is -2.17. The number of carbonyl (C=O) groups is 1. The average Bonchev–Trinajstić information content (AvgIpc) is 2.46. The highest BCUT2D eigenvalue weighted by Crippen LogP contribution is 2.29. The molecule has 1 unspecified atom stereocenters. The highest BCUT2D eigenvalue weighted by atomic mass is 35.5. The van der Waals surface area contributed by atoms with E-state index in [0.717, 1.165) is 5.56 Å². The van der Waals surface area contributed by atoms with E-state index in [1.165, 1.54) is 18.2 Å². The molecule has 0 saturated carbocycles. The van der Waals surface area contributed by atoms with Crippen LogP contribution in [0.2, 0.25) is 5.02 Å². The quantitative estimate of drug-likeness (QED) is 0.889. The molecular formula is C16H15ClFNO2. The normalized spacial score (nSPS) is 12.1. The van der Waals surface area contributed by atoms with Crippen molar-refractivity contribution in [2.75, 3.05) is 6.54 Å². The largest absolute Gasteiger partial charge is 0.478 e. The molecule has 0 aromatic heterocycles. The van der Waals surface area contributed by atoms with Gasteiger partial charge in [-0.05, 0) is 42.8 Å². The molecule has 0 aliphatic carbocycles. The maximum Gasteiger partial charge on any atom is 0.335 e. The van der Waals surface area contributed by atoms with Gasteiger partial charge in [0.25, 0.3) is 0 Å². The van der Waals surface area contributed by atoms with E-state index in [-0.39, 0.29) is 23.8 Å². The Balaban J connectivity index is 2.25. The van der Waals surface area contributed by atoms with Gasteiger partial charge in [-0.1, -0.05) is 29.8 Å². The molecule has 0 aliphatic heterocycles. The van der Waals surface area contributed by atoms with E-state index in [9.17, 15) is 9.18 Å². The van der Waals surface area contributed by atoms with E-state index >= 15 is 0 Å². The van der Waals surface area contributed by atoms with Gasteiger partial charge in [0.2, 0.25) is 0 Å². The molecule has 0 aliphatic rings. The molecule has 21 heavy (non-hydrogen) atoms. The summed E-state index contributed by atoms with van der Waals surface area (Å²) < 4.78 is 13.9. The molecule has 2 aromatic carbocycles. The Bertz CT molecular complexity index is 623. The van der Waals surface area contributed by atoms with Gasteiger partial charge in [0.15, 0.2) is 0 Å². The van der Waals surface area contributed by atoms with Crippen LogP contribution >= 0.6 is 11.6 Å². The van der Waals surface area contributed by atoms with Crippen molar-refractivity contribution in [1.82, 2.24) is 0 Å². The third kappa shape index (κ3) is 3.60. The Morgan fingerprint density at radius 2 is 1.90 bits per heavy atom. The summed E-state index contributed by atoms with van der Waals surface area (Å²) in [5, 5.41) is 9.22. The Hall–Kier alpha value is -1.91. The Morgan fingerprint density at radius 1 is 1.24 bits per heavy atom. The molecule has 3 nitrogen and oxygen atoms in total. The molecule has 3 N–H and O–H groups in total. The number of rotatable bonds is 5. The predicted octanol–water partition coefficient (Wildman–Crippen LogP) is 3.46. The SMILES string of the molecule is NCC(Cc1ccc(C(=O)O)cc1)c1c(F)cccc1Cl. The van der Waals surface area contributed by atoms with Crippen LogP contribution < -0.4 is 5.73 Å². The fourth-order valence-corrected chi connectivity index (χ4v) is 2.59. The van der Waals surface area contributed by atoms with Gasteiger partial charge in [0.05, 0.1) is 5.56 Å². The highest BCUT2D eigenvalue weighted by molar-refractivity contribution is 6.31. The third-order valence-electron chi connectivity index (χ3n) is 3.38. The van der Waals surface area contributed by atoms with Crippen molar-refractivity contribution in [2.24, 2.45) is 5.73 Å². The molecule has 1 atom stereocenters. The summed E-state index contributed by atoms with van der Waals surface area (Å²) >= 11 is 6.06. The zero-order chi connectivity index (χ0) is 15.4. The molecule has 0 spiro atoms. The van der Waals surface area contributed by atoms with Gasteiger partial charge in [-0.15, -0.1) is 0 Å². The first-order valence-electron chi connectivity index (χ1n) is 6.49. The van der Waals surface area contributed by atoms with E-state index in [4.69, 9.17) is 22.4 Å². The van der Waals surface area contributed by atoms with Crippen molar-refractivity contribution in [3.8, 4) is 0 Å². The molecule has 0 bridgehead atoms. The Kier molecular flexibility index (Phi) is 4.94. The lowest BCUT2D eigenvalue weighted by atomic mass is 9.91. The summed E-state index contributed by atoms with van der Waals surface area (Å²) in [4.78, 5) is 10.8. The first-order chi connectivity index (χ1) is 10.0. The van der Waals surface area contributed by atoms with Crippen molar-refractivity contribution < 1.29 is 14.3 Å². The topological polar surface area (TPSA) is 63.3 Å². The third-order valence-corrected chi connectivity index (χ3v) is 3.71. The van der Waals surface area contributed by atoms with Crippen LogP contribution in [0.5, 0.6) is 0 Å². The monoisotopic (exact) mass is 307 g/mol. The zero-order valence-electron chi connectivity index (χ0n) is 11.2. The Morgan fingerprint density at radius 3 is 2.43 bits per heavy atom. The second kappa shape index (κ2) is 6.70. The molecule has 0 amide bonds. The summed E-state index contributed by atoms with van der Waals surface area (Å²) in [5.74, 6) is -1.61. The number of nitrogens with two attached hydrogens (primary N) is 1. The molecule has 5 heteroatoms. The van der Waals surface area contributed by atoms with Crippen LogP contribution in [0, 0.1) is 5.82 Å². The van der Waals surface area contributed by atoms with Crippen LogP contribution in [-0.4, -0.2) is 17.6 Å². The van der Waals surface area contributed by atoms with Gasteiger partial charge in [-0.3, -0.25) is 0 Å².